The molecule has 3 heteroatoms. The fourth-order valence-corrected chi connectivity index (χ4v) is 5.39. The molecule has 4 fully saturated rings. The number of benzene rings is 1. The smallest absolute Gasteiger partial charge is 0.154 e. The summed E-state index contributed by atoms with van der Waals surface area (Å²) in [5.41, 5.74) is 0.925. The Morgan fingerprint density at radius 1 is 1.00 bits per heavy atom. The first-order valence-electron chi connectivity index (χ1n) is 8.64. The molecule has 1 aromatic rings. The predicted molar refractivity (Wildman–Crippen MR) is 87.7 cm³/mol. The highest BCUT2D eigenvalue weighted by Gasteiger charge is 2.51. The normalized spacial score (nSPS) is 37.4. The molecule has 5 rings (SSSR count). The Hall–Kier alpha value is -0.570. The first kappa shape index (κ1) is 15.0. The summed E-state index contributed by atoms with van der Waals surface area (Å²) in [6, 6.07) is 10.2. The van der Waals surface area contributed by atoms with Crippen LogP contribution in [-0.2, 0) is 16.1 Å². The Balaban J connectivity index is 1.27. The van der Waals surface area contributed by atoms with Gasteiger partial charge in [0.1, 0.15) is 0 Å². The Kier molecular flexibility index (Phi) is 4.19. The minimum absolute atomic E-state index is 0.123. The summed E-state index contributed by atoms with van der Waals surface area (Å²) >= 11 is 6.32. The molecule has 2 nitrogen and oxygen atoms in total. The van der Waals surface area contributed by atoms with Gasteiger partial charge in [-0.05, 0) is 61.8 Å². The molecule has 4 saturated carbocycles. The number of hydrogen-bond donors (Lipinski definition) is 0. The molecule has 0 heterocycles. The van der Waals surface area contributed by atoms with E-state index in [0.29, 0.717) is 13.2 Å². The van der Waals surface area contributed by atoms with Crippen molar-refractivity contribution in [3.63, 3.8) is 0 Å². The summed E-state index contributed by atoms with van der Waals surface area (Å²) in [4.78, 5) is 0. The monoisotopic (exact) mass is 320 g/mol. The first-order chi connectivity index (χ1) is 10.7. The second kappa shape index (κ2) is 6.14. The van der Waals surface area contributed by atoms with Gasteiger partial charge in [-0.3, -0.25) is 0 Å². The van der Waals surface area contributed by atoms with Crippen molar-refractivity contribution in [2.45, 2.75) is 56.3 Å². The van der Waals surface area contributed by atoms with E-state index in [1.165, 1.54) is 38.5 Å². The number of alkyl halides is 1. The van der Waals surface area contributed by atoms with Crippen LogP contribution in [-0.4, -0.2) is 17.8 Å². The lowest BCUT2D eigenvalue weighted by atomic mass is 9.54. The zero-order chi connectivity index (χ0) is 15.0. The van der Waals surface area contributed by atoms with Gasteiger partial charge < -0.3 is 9.47 Å². The summed E-state index contributed by atoms with van der Waals surface area (Å²) in [6.45, 7) is 1.07. The summed E-state index contributed by atoms with van der Waals surface area (Å²) < 4.78 is 12.1. The average Bonchev–Trinajstić information content (AvgIpc) is 2.51. The van der Waals surface area contributed by atoms with Gasteiger partial charge in [0.25, 0.3) is 0 Å². The molecule has 0 spiro atoms. The molecule has 0 amide bonds. The van der Waals surface area contributed by atoms with E-state index in [1.807, 2.05) is 18.2 Å². The van der Waals surface area contributed by atoms with Gasteiger partial charge in [-0.15, -0.1) is 0 Å². The van der Waals surface area contributed by atoms with E-state index in [1.54, 1.807) is 0 Å². The third-order valence-corrected chi connectivity index (χ3v) is 6.03. The number of rotatable bonds is 6. The molecule has 0 radical (unpaired) electrons. The predicted octanol–water partition coefficient (Wildman–Crippen LogP) is 4.75. The Morgan fingerprint density at radius 3 is 2.18 bits per heavy atom. The van der Waals surface area contributed by atoms with Gasteiger partial charge in [-0.2, -0.15) is 0 Å². The first-order valence-corrected chi connectivity index (χ1v) is 9.08. The third-order valence-electron chi connectivity index (χ3n) is 5.78. The van der Waals surface area contributed by atoms with Crippen LogP contribution in [0.15, 0.2) is 30.3 Å². The topological polar surface area (TPSA) is 18.5 Å². The van der Waals surface area contributed by atoms with Gasteiger partial charge in [0.2, 0.25) is 0 Å². The highest BCUT2D eigenvalue weighted by atomic mass is 35.5. The average molecular weight is 321 g/mol. The lowest BCUT2D eigenvalue weighted by Crippen LogP contribution is -2.52. The summed E-state index contributed by atoms with van der Waals surface area (Å²) in [5, 5.41) is 0. The van der Waals surface area contributed by atoms with Crippen LogP contribution in [0.4, 0.5) is 0 Å². The van der Waals surface area contributed by atoms with Crippen LogP contribution in [0.1, 0.15) is 44.1 Å². The van der Waals surface area contributed by atoms with Gasteiger partial charge in [0, 0.05) is 0 Å². The van der Waals surface area contributed by atoms with Gasteiger partial charge in [-0.1, -0.05) is 41.9 Å². The van der Waals surface area contributed by atoms with E-state index >= 15 is 0 Å². The third kappa shape index (κ3) is 3.20. The standard InChI is InChI=1S/C19H25ClO2/c20-18(21-12-14-4-2-1-3-5-14)13-22-19-9-15-6-16(10-19)8-17(7-15)11-19/h1-5,15-18H,6-13H2. The van der Waals surface area contributed by atoms with Crippen molar-refractivity contribution < 1.29 is 9.47 Å². The molecule has 1 unspecified atom stereocenters. The maximum absolute atomic E-state index is 6.34. The summed E-state index contributed by atoms with van der Waals surface area (Å²) in [5.74, 6) is 2.72. The molecule has 1 atom stereocenters. The van der Waals surface area contributed by atoms with Crippen molar-refractivity contribution in [1.82, 2.24) is 0 Å². The van der Waals surface area contributed by atoms with Crippen LogP contribution in [0.25, 0.3) is 0 Å². The van der Waals surface area contributed by atoms with Crippen molar-refractivity contribution in [3.05, 3.63) is 35.9 Å². The van der Waals surface area contributed by atoms with E-state index in [-0.39, 0.29) is 11.2 Å². The fourth-order valence-electron chi connectivity index (χ4n) is 5.26. The quantitative estimate of drug-likeness (QED) is 0.704. The second-order valence-corrected chi connectivity index (χ2v) is 8.11. The summed E-state index contributed by atoms with van der Waals surface area (Å²) in [6.07, 6.45) is 8.08. The minimum Gasteiger partial charge on any atom is -0.371 e. The largest absolute Gasteiger partial charge is 0.371 e. The molecule has 120 valence electrons. The number of ether oxygens (including phenoxy) is 2. The van der Waals surface area contributed by atoms with Crippen LogP contribution in [0, 0.1) is 17.8 Å². The Morgan fingerprint density at radius 2 is 1.59 bits per heavy atom. The molecule has 0 aliphatic heterocycles. The molecule has 4 aliphatic carbocycles. The second-order valence-electron chi connectivity index (χ2n) is 7.62. The highest BCUT2D eigenvalue weighted by molar-refractivity contribution is 6.19. The fraction of sp³-hybridized carbons (Fsp3) is 0.684. The van der Waals surface area contributed by atoms with Crippen LogP contribution in [0.2, 0.25) is 0 Å². The maximum atomic E-state index is 6.34. The van der Waals surface area contributed by atoms with Crippen molar-refractivity contribution >= 4 is 11.6 Å². The van der Waals surface area contributed by atoms with Gasteiger partial charge in [0.05, 0.1) is 18.8 Å². The molecule has 0 N–H and O–H groups in total. The van der Waals surface area contributed by atoms with E-state index in [4.69, 9.17) is 21.1 Å². The van der Waals surface area contributed by atoms with Crippen molar-refractivity contribution in [1.29, 1.82) is 0 Å². The van der Waals surface area contributed by atoms with Crippen molar-refractivity contribution in [2.75, 3.05) is 6.61 Å². The van der Waals surface area contributed by atoms with Gasteiger partial charge in [0.15, 0.2) is 5.56 Å². The molecule has 22 heavy (non-hydrogen) atoms. The zero-order valence-corrected chi connectivity index (χ0v) is 13.8. The molecule has 4 aliphatic rings. The van der Waals surface area contributed by atoms with Crippen LogP contribution >= 0.6 is 11.6 Å². The minimum atomic E-state index is -0.354. The van der Waals surface area contributed by atoms with Crippen molar-refractivity contribution in [2.24, 2.45) is 17.8 Å². The molecule has 1 aromatic carbocycles. The Bertz CT molecular complexity index is 466. The molecular weight excluding hydrogens is 296 g/mol. The van der Waals surface area contributed by atoms with Crippen LogP contribution in [0.3, 0.4) is 0 Å². The lowest BCUT2D eigenvalue weighted by Gasteiger charge is -2.56. The molecular formula is C19H25ClO2. The number of hydrogen-bond acceptors (Lipinski definition) is 2. The van der Waals surface area contributed by atoms with E-state index < -0.39 is 0 Å². The molecule has 0 aromatic heterocycles. The maximum Gasteiger partial charge on any atom is 0.154 e. The zero-order valence-electron chi connectivity index (χ0n) is 13.0. The van der Waals surface area contributed by atoms with E-state index in [9.17, 15) is 0 Å². The lowest BCUT2D eigenvalue weighted by molar-refractivity contribution is -0.173. The van der Waals surface area contributed by atoms with Gasteiger partial charge >= 0.3 is 0 Å². The van der Waals surface area contributed by atoms with Crippen LogP contribution in [0.5, 0.6) is 0 Å². The van der Waals surface area contributed by atoms with E-state index in [2.05, 4.69) is 12.1 Å². The van der Waals surface area contributed by atoms with Crippen molar-refractivity contribution in [3.8, 4) is 0 Å². The highest BCUT2D eigenvalue weighted by Crippen LogP contribution is 2.57. The SMILES string of the molecule is ClC(COC12CC3CC(CC(C3)C1)C2)OCc1ccccc1. The molecule has 0 saturated heterocycles. The summed E-state index contributed by atoms with van der Waals surface area (Å²) in [7, 11) is 0. The van der Waals surface area contributed by atoms with Gasteiger partial charge in [-0.25, -0.2) is 0 Å². The number of halogens is 1. The molecule has 4 bridgehead atoms. The Labute approximate surface area is 138 Å². The van der Waals surface area contributed by atoms with Crippen LogP contribution < -0.4 is 0 Å². The van der Waals surface area contributed by atoms with E-state index in [0.717, 1.165) is 23.3 Å².